The van der Waals surface area contributed by atoms with Gasteiger partial charge in [-0.15, -0.1) is 0 Å². The zero-order valence-electron chi connectivity index (χ0n) is 14.5. The van der Waals surface area contributed by atoms with Crippen molar-refractivity contribution < 1.29 is 24.0 Å². The summed E-state index contributed by atoms with van der Waals surface area (Å²) in [6.45, 7) is 1.98. The van der Waals surface area contributed by atoms with Crippen molar-refractivity contribution >= 4 is 19.0 Å². The van der Waals surface area contributed by atoms with Crippen LogP contribution in [0.25, 0.3) is 0 Å². The van der Waals surface area contributed by atoms with Crippen LogP contribution in [0.2, 0.25) is 0 Å². The lowest BCUT2D eigenvalue weighted by Gasteiger charge is -2.29. The molecule has 1 aliphatic rings. The number of carbonyl (C=O) groups is 2. The molecular weight excluding hydrogens is 333 g/mol. The fourth-order valence-corrected chi connectivity index (χ4v) is 2.96. The Hall–Kier alpha value is -2.80. The van der Waals surface area contributed by atoms with E-state index in [1.165, 1.54) is 0 Å². The molecule has 1 aliphatic heterocycles. The monoisotopic (exact) mass is 353 g/mol. The van der Waals surface area contributed by atoms with Crippen molar-refractivity contribution in [1.82, 2.24) is 5.32 Å². The average molecular weight is 353 g/mol. The Balaban J connectivity index is 1.71. The molecule has 1 amide bonds. The fourth-order valence-electron chi connectivity index (χ4n) is 2.96. The molecule has 3 rings (SSSR count). The highest BCUT2D eigenvalue weighted by Gasteiger charge is 2.37. The topological polar surface area (TPSA) is 84.9 Å². The van der Waals surface area contributed by atoms with Crippen LogP contribution in [0, 0.1) is 0 Å². The molecule has 0 aromatic heterocycles. The van der Waals surface area contributed by atoms with Crippen LogP contribution in [0.3, 0.4) is 0 Å². The SMILES string of the molecule is CCOC(=O)c1cccc2c1OB(O)[C@@H](NC(=O)Cc1ccccc1)C2. The third-order valence-electron chi connectivity index (χ3n) is 4.17. The second kappa shape index (κ2) is 8.06. The van der Waals surface area contributed by atoms with Gasteiger partial charge in [-0.1, -0.05) is 42.5 Å². The third-order valence-corrected chi connectivity index (χ3v) is 4.17. The van der Waals surface area contributed by atoms with Crippen LogP contribution >= 0.6 is 0 Å². The Bertz CT molecular complexity index is 796. The summed E-state index contributed by atoms with van der Waals surface area (Å²) in [5.74, 6) is -0.972. The van der Waals surface area contributed by atoms with E-state index in [-0.39, 0.29) is 24.5 Å². The minimum atomic E-state index is -1.24. The van der Waals surface area contributed by atoms with E-state index < -0.39 is 19.0 Å². The molecule has 0 fully saturated rings. The number of para-hydroxylation sites is 1. The fraction of sp³-hybridized carbons (Fsp3) is 0.263. The predicted octanol–water partition coefficient (Wildman–Crippen LogP) is 1.55. The van der Waals surface area contributed by atoms with E-state index in [0.717, 1.165) is 11.1 Å². The lowest BCUT2D eigenvalue weighted by atomic mass is 9.72. The summed E-state index contributed by atoms with van der Waals surface area (Å²) in [4.78, 5) is 24.3. The van der Waals surface area contributed by atoms with Crippen LogP contribution in [0.5, 0.6) is 5.75 Å². The summed E-state index contributed by atoms with van der Waals surface area (Å²) < 4.78 is 10.6. The molecule has 0 radical (unpaired) electrons. The van der Waals surface area contributed by atoms with Gasteiger partial charge < -0.3 is 19.7 Å². The van der Waals surface area contributed by atoms with Crippen molar-refractivity contribution in [3.8, 4) is 5.75 Å². The van der Waals surface area contributed by atoms with Gasteiger partial charge in [0, 0.05) is 0 Å². The van der Waals surface area contributed by atoms with Crippen LogP contribution < -0.4 is 9.97 Å². The highest BCUT2D eigenvalue weighted by molar-refractivity contribution is 6.47. The maximum atomic E-state index is 12.2. The van der Waals surface area contributed by atoms with Crippen LogP contribution in [-0.4, -0.2) is 36.6 Å². The molecule has 134 valence electrons. The summed E-state index contributed by atoms with van der Waals surface area (Å²) in [5.41, 5.74) is 1.91. The molecule has 2 aromatic carbocycles. The number of hydrogen-bond acceptors (Lipinski definition) is 5. The highest BCUT2D eigenvalue weighted by Crippen LogP contribution is 2.30. The molecule has 0 aliphatic carbocycles. The second-order valence-electron chi connectivity index (χ2n) is 6.06. The van der Waals surface area contributed by atoms with Gasteiger partial charge in [0.1, 0.15) is 11.3 Å². The molecule has 1 heterocycles. The Morgan fingerprint density at radius 3 is 2.73 bits per heavy atom. The van der Waals surface area contributed by atoms with Crippen molar-refractivity contribution in [3.63, 3.8) is 0 Å². The first-order valence-corrected chi connectivity index (χ1v) is 8.55. The van der Waals surface area contributed by atoms with Crippen molar-refractivity contribution in [2.75, 3.05) is 6.61 Å². The van der Waals surface area contributed by atoms with Gasteiger partial charge in [0.15, 0.2) is 0 Å². The molecule has 0 saturated heterocycles. The Kier molecular flexibility index (Phi) is 5.58. The van der Waals surface area contributed by atoms with Crippen molar-refractivity contribution in [2.45, 2.75) is 25.7 Å². The van der Waals surface area contributed by atoms with Gasteiger partial charge in [-0.05, 0) is 30.5 Å². The van der Waals surface area contributed by atoms with E-state index >= 15 is 0 Å². The molecule has 26 heavy (non-hydrogen) atoms. The minimum absolute atomic E-state index is 0.200. The number of fused-ring (bicyclic) bond motifs is 1. The maximum Gasteiger partial charge on any atom is 0.547 e. The standard InChI is InChI=1S/C19H20BNO5/c1-2-25-19(23)15-10-6-9-14-12-16(20(24)26-18(14)15)21-17(22)11-13-7-4-3-5-8-13/h3-10,16,24H,2,11-12H2,1H3,(H,21,22)/t16-/m0/s1. The number of esters is 1. The van der Waals surface area contributed by atoms with Gasteiger partial charge >= 0.3 is 13.1 Å². The third kappa shape index (κ3) is 4.05. The number of rotatable bonds is 5. The van der Waals surface area contributed by atoms with Gasteiger partial charge in [0.2, 0.25) is 5.91 Å². The number of nitrogens with one attached hydrogen (secondary N) is 1. The molecule has 0 spiro atoms. The Labute approximate surface area is 152 Å². The highest BCUT2D eigenvalue weighted by atomic mass is 16.5. The minimum Gasteiger partial charge on any atom is -0.534 e. The first-order chi connectivity index (χ1) is 12.6. The van der Waals surface area contributed by atoms with Crippen LogP contribution in [0.1, 0.15) is 28.4 Å². The largest absolute Gasteiger partial charge is 0.547 e. The molecule has 0 bridgehead atoms. The molecule has 1 atom stereocenters. The number of carbonyl (C=O) groups excluding carboxylic acids is 2. The van der Waals surface area contributed by atoms with Crippen LogP contribution in [0.4, 0.5) is 0 Å². The summed E-state index contributed by atoms with van der Waals surface area (Å²) >= 11 is 0. The van der Waals surface area contributed by atoms with E-state index in [1.54, 1.807) is 25.1 Å². The molecule has 2 N–H and O–H groups in total. The second-order valence-corrected chi connectivity index (χ2v) is 6.06. The lowest BCUT2D eigenvalue weighted by molar-refractivity contribution is -0.120. The summed E-state index contributed by atoms with van der Waals surface area (Å²) in [6.07, 6.45) is 0.587. The first kappa shape index (κ1) is 18.0. The van der Waals surface area contributed by atoms with Crippen molar-refractivity contribution in [2.24, 2.45) is 0 Å². The van der Waals surface area contributed by atoms with Crippen LogP contribution in [0.15, 0.2) is 48.5 Å². The van der Waals surface area contributed by atoms with E-state index in [4.69, 9.17) is 9.39 Å². The van der Waals surface area contributed by atoms with E-state index in [9.17, 15) is 14.6 Å². The molecular formula is C19H20BNO5. The first-order valence-electron chi connectivity index (χ1n) is 8.55. The molecule has 6 nitrogen and oxygen atoms in total. The quantitative estimate of drug-likeness (QED) is 0.629. The molecule has 2 aromatic rings. The smallest absolute Gasteiger partial charge is 0.534 e. The average Bonchev–Trinajstić information content (AvgIpc) is 2.63. The van der Waals surface area contributed by atoms with Crippen molar-refractivity contribution in [3.05, 3.63) is 65.2 Å². The normalized spacial score (nSPS) is 15.6. The Morgan fingerprint density at radius 1 is 1.23 bits per heavy atom. The van der Waals surface area contributed by atoms with Gasteiger partial charge in [0.25, 0.3) is 0 Å². The molecule has 0 unspecified atom stereocenters. The number of benzene rings is 2. The molecule has 7 heteroatoms. The van der Waals surface area contributed by atoms with Gasteiger partial charge in [0.05, 0.1) is 19.0 Å². The summed E-state index contributed by atoms with van der Waals surface area (Å²) in [7, 11) is -1.24. The van der Waals surface area contributed by atoms with E-state index in [0.29, 0.717) is 12.2 Å². The Morgan fingerprint density at radius 2 is 2.00 bits per heavy atom. The van der Waals surface area contributed by atoms with Gasteiger partial charge in [-0.25, -0.2) is 4.79 Å². The zero-order valence-corrected chi connectivity index (χ0v) is 14.5. The number of amides is 1. The maximum absolute atomic E-state index is 12.2. The lowest BCUT2D eigenvalue weighted by Crippen LogP contribution is -2.53. The van der Waals surface area contributed by atoms with Gasteiger partial charge in [-0.2, -0.15) is 0 Å². The number of ether oxygens (including phenoxy) is 1. The zero-order chi connectivity index (χ0) is 18.5. The van der Waals surface area contributed by atoms with Crippen LogP contribution in [-0.2, 0) is 22.4 Å². The van der Waals surface area contributed by atoms with Crippen molar-refractivity contribution in [1.29, 1.82) is 0 Å². The number of hydrogen-bond donors (Lipinski definition) is 2. The summed E-state index contributed by atoms with van der Waals surface area (Å²) in [6, 6.07) is 14.5. The van der Waals surface area contributed by atoms with E-state index in [2.05, 4.69) is 5.32 Å². The van der Waals surface area contributed by atoms with Gasteiger partial charge in [-0.3, -0.25) is 4.79 Å². The van der Waals surface area contributed by atoms with E-state index in [1.807, 2.05) is 30.3 Å². The molecule has 0 saturated carbocycles. The summed E-state index contributed by atoms with van der Waals surface area (Å²) in [5, 5.41) is 13.1. The predicted molar refractivity (Wildman–Crippen MR) is 96.8 cm³/mol.